The fourth-order valence-corrected chi connectivity index (χ4v) is 6.57. The number of nitrogens with zero attached hydrogens (tertiary/aromatic N) is 1. The van der Waals surface area contributed by atoms with Gasteiger partial charge in [0.05, 0.1) is 0 Å². The predicted molar refractivity (Wildman–Crippen MR) is 191 cm³/mol. The smallest absolute Gasteiger partial charge is 0.0300 e. The lowest BCUT2D eigenvalue weighted by molar-refractivity contribution is 0.529. The van der Waals surface area contributed by atoms with Crippen LogP contribution < -0.4 is 0 Å². The Morgan fingerprint density at radius 3 is 0.762 bits per heavy atom. The fourth-order valence-electron chi connectivity index (χ4n) is 6.57. The van der Waals surface area contributed by atoms with Crippen molar-refractivity contribution in [3.8, 4) is 0 Å². The molecule has 0 atom stereocenters. The second kappa shape index (κ2) is 33.1. The molecule has 42 heavy (non-hydrogen) atoms. The van der Waals surface area contributed by atoms with E-state index >= 15 is 0 Å². The van der Waals surface area contributed by atoms with Gasteiger partial charge < -0.3 is 0 Å². The summed E-state index contributed by atoms with van der Waals surface area (Å²) in [5, 5.41) is 0. The van der Waals surface area contributed by atoms with Crippen molar-refractivity contribution in [1.29, 1.82) is 0 Å². The summed E-state index contributed by atoms with van der Waals surface area (Å²) in [6.07, 6.45) is 52.8. The molecule has 0 aliphatic rings. The van der Waals surface area contributed by atoms with Crippen molar-refractivity contribution in [2.75, 3.05) is 0 Å². The zero-order chi connectivity index (χ0) is 30.0. The van der Waals surface area contributed by atoms with Crippen LogP contribution >= 0.6 is 0 Å². The number of aryl methyl sites for hydroxylation is 2. The van der Waals surface area contributed by atoms with Gasteiger partial charge >= 0.3 is 0 Å². The van der Waals surface area contributed by atoms with Crippen molar-refractivity contribution in [3.63, 3.8) is 0 Å². The van der Waals surface area contributed by atoms with E-state index in [9.17, 15) is 0 Å². The highest BCUT2D eigenvalue weighted by molar-refractivity contribution is 5.18. The van der Waals surface area contributed by atoms with E-state index < -0.39 is 0 Å². The normalized spacial score (nSPS) is 11.5. The first kappa shape index (κ1) is 39.2. The van der Waals surface area contributed by atoms with Gasteiger partial charge in [-0.2, -0.15) is 0 Å². The Labute approximate surface area is 266 Å². The topological polar surface area (TPSA) is 12.9 Å². The quantitative estimate of drug-likeness (QED) is 0.0735. The number of pyridine rings is 1. The van der Waals surface area contributed by atoms with Crippen LogP contribution in [-0.4, -0.2) is 4.98 Å². The number of rotatable bonds is 34. The van der Waals surface area contributed by atoms with Crippen molar-refractivity contribution in [3.05, 3.63) is 29.6 Å². The molecule has 1 rings (SSSR count). The van der Waals surface area contributed by atoms with Crippen molar-refractivity contribution in [2.45, 2.75) is 232 Å². The standard InChI is InChI=1S/C41H77N/c1-3-5-7-9-11-13-15-17-19-21-23-25-27-29-31-33-35-40-37-41(39-42-38-40)36-34-32-30-28-26-24-22-20-18-16-14-12-10-8-6-4-2/h37-39H,3-36H2,1-2H3. The van der Waals surface area contributed by atoms with Crippen LogP contribution in [-0.2, 0) is 12.8 Å². The van der Waals surface area contributed by atoms with Crippen LogP contribution in [0.5, 0.6) is 0 Å². The van der Waals surface area contributed by atoms with E-state index in [1.807, 2.05) is 0 Å². The van der Waals surface area contributed by atoms with Crippen LogP contribution in [0.15, 0.2) is 18.5 Å². The summed E-state index contributed by atoms with van der Waals surface area (Å²) >= 11 is 0. The molecule has 1 heteroatoms. The Hall–Kier alpha value is -0.850. The molecule has 0 amide bonds. The maximum absolute atomic E-state index is 4.57. The summed E-state index contributed by atoms with van der Waals surface area (Å²) in [4.78, 5) is 4.57. The molecule has 0 saturated carbocycles. The third-order valence-electron chi connectivity index (χ3n) is 9.49. The van der Waals surface area contributed by atoms with Crippen LogP contribution in [0.25, 0.3) is 0 Å². The molecule has 1 heterocycles. The average Bonchev–Trinajstić information content (AvgIpc) is 3.01. The summed E-state index contributed by atoms with van der Waals surface area (Å²) in [7, 11) is 0. The Bertz CT molecular complexity index is 586. The lowest BCUT2D eigenvalue weighted by atomic mass is 10.0. The predicted octanol–water partition coefficient (Wildman–Crippen LogP) is 14.7. The van der Waals surface area contributed by atoms with Crippen LogP contribution in [0.1, 0.15) is 230 Å². The van der Waals surface area contributed by atoms with Gasteiger partial charge in [-0.1, -0.05) is 213 Å². The van der Waals surface area contributed by atoms with E-state index in [-0.39, 0.29) is 0 Å². The van der Waals surface area contributed by atoms with E-state index in [1.165, 1.54) is 229 Å². The van der Waals surface area contributed by atoms with Crippen molar-refractivity contribution >= 4 is 0 Å². The summed E-state index contributed by atoms with van der Waals surface area (Å²) in [6.45, 7) is 4.61. The molecule has 0 aliphatic carbocycles. The van der Waals surface area contributed by atoms with Gasteiger partial charge in [0.25, 0.3) is 0 Å². The Morgan fingerprint density at radius 1 is 0.310 bits per heavy atom. The largest absolute Gasteiger partial charge is 0.264 e. The molecule has 1 aromatic rings. The highest BCUT2D eigenvalue weighted by Crippen LogP contribution is 2.17. The highest BCUT2D eigenvalue weighted by atomic mass is 14.6. The zero-order valence-electron chi connectivity index (χ0n) is 29.2. The Morgan fingerprint density at radius 2 is 0.524 bits per heavy atom. The summed E-state index contributed by atoms with van der Waals surface area (Å²) in [6, 6.07) is 2.45. The van der Waals surface area contributed by atoms with E-state index in [0.29, 0.717) is 0 Å². The molecule has 0 spiro atoms. The lowest BCUT2D eigenvalue weighted by Crippen LogP contribution is -1.93. The monoisotopic (exact) mass is 584 g/mol. The molecule has 0 radical (unpaired) electrons. The second-order valence-electron chi connectivity index (χ2n) is 13.8. The van der Waals surface area contributed by atoms with E-state index in [1.54, 1.807) is 0 Å². The van der Waals surface area contributed by atoms with Gasteiger partial charge in [-0.3, -0.25) is 4.98 Å². The maximum Gasteiger partial charge on any atom is 0.0300 e. The molecule has 0 aromatic carbocycles. The Kier molecular flexibility index (Phi) is 30.8. The minimum atomic E-state index is 1.22. The molecule has 0 unspecified atom stereocenters. The van der Waals surface area contributed by atoms with Crippen molar-refractivity contribution in [1.82, 2.24) is 4.98 Å². The van der Waals surface area contributed by atoms with Gasteiger partial charge in [0, 0.05) is 12.4 Å². The van der Waals surface area contributed by atoms with Gasteiger partial charge in [-0.15, -0.1) is 0 Å². The van der Waals surface area contributed by atoms with Crippen LogP contribution in [0, 0.1) is 0 Å². The Balaban J connectivity index is 1.84. The number of aromatic nitrogens is 1. The highest BCUT2D eigenvalue weighted by Gasteiger charge is 2.00. The third kappa shape index (κ3) is 28.0. The third-order valence-corrected chi connectivity index (χ3v) is 9.49. The average molecular weight is 584 g/mol. The van der Waals surface area contributed by atoms with Gasteiger partial charge in [0.15, 0.2) is 0 Å². The molecule has 0 saturated heterocycles. The van der Waals surface area contributed by atoms with E-state index in [4.69, 9.17) is 0 Å². The van der Waals surface area contributed by atoms with E-state index in [0.717, 1.165) is 0 Å². The lowest BCUT2D eigenvalue weighted by Gasteiger charge is -2.06. The SMILES string of the molecule is CCCCCCCCCCCCCCCCCCc1cncc(CCCCCCCCCCCCCCCCCC)c1. The summed E-state index contributed by atoms with van der Waals surface area (Å²) < 4.78 is 0. The van der Waals surface area contributed by atoms with Gasteiger partial charge in [-0.05, 0) is 36.8 Å². The number of hydrogen-bond acceptors (Lipinski definition) is 1. The first-order valence-electron chi connectivity index (χ1n) is 19.8. The molecule has 0 aliphatic heterocycles. The van der Waals surface area contributed by atoms with Crippen LogP contribution in [0.2, 0.25) is 0 Å². The summed E-state index contributed by atoms with van der Waals surface area (Å²) in [5.41, 5.74) is 2.93. The first-order chi connectivity index (χ1) is 20.9. The molecule has 0 fully saturated rings. The van der Waals surface area contributed by atoms with Crippen molar-refractivity contribution in [2.24, 2.45) is 0 Å². The van der Waals surface area contributed by atoms with E-state index in [2.05, 4.69) is 37.3 Å². The number of unbranched alkanes of at least 4 members (excludes halogenated alkanes) is 30. The minimum absolute atomic E-state index is 1.22. The van der Waals surface area contributed by atoms with Crippen LogP contribution in [0.3, 0.4) is 0 Å². The van der Waals surface area contributed by atoms with Gasteiger partial charge in [0.2, 0.25) is 0 Å². The zero-order valence-corrected chi connectivity index (χ0v) is 29.2. The molecular weight excluding hydrogens is 506 g/mol. The number of hydrogen-bond donors (Lipinski definition) is 0. The molecular formula is C41H77N. The fraction of sp³-hybridized carbons (Fsp3) is 0.878. The first-order valence-corrected chi connectivity index (χ1v) is 19.8. The van der Waals surface area contributed by atoms with Gasteiger partial charge in [-0.25, -0.2) is 0 Å². The molecule has 246 valence electrons. The molecule has 1 aromatic heterocycles. The summed E-state index contributed by atoms with van der Waals surface area (Å²) in [5.74, 6) is 0. The minimum Gasteiger partial charge on any atom is -0.264 e. The second-order valence-corrected chi connectivity index (χ2v) is 13.8. The molecule has 0 bridgehead atoms. The van der Waals surface area contributed by atoms with Gasteiger partial charge in [0.1, 0.15) is 0 Å². The maximum atomic E-state index is 4.57. The molecule has 0 N–H and O–H groups in total. The van der Waals surface area contributed by atoms with Crippen LogP contribution in [0.4, 0.5) is 0 Å². The molecule has 1 nitrogen and oxygen atoms in total. The van der Waals surface area contributed by atoms with Crippen molar-refractivity contribution < 1.29 is 0 Å².